The number of hydrogen-bond donors (Lipinski definition) is 1. The summed E-state index contributed by atoms with van der Waals surface area (Å²) in [6, 6.07) is 12.9. The van der Waals surface area contributed by atoms with Crippen LogP contribution in [0.4, 0.5) is 11.5 Å². The number of rotatable bonds is 7. The van der Waals surface area contributed by atoms with Crippen molar-refractivity contribution in [2.75, 3.05) is 23.3 Å². The van der Waals surface area contributed by atoms with E-state index in [0.29, 0.717) is 17.0 Å². The van der Waals surface area contributed by atoms with E-state index in [1.54, 1.807) is 51.2 Å². The Morgan fingerprint density at radius 2 is 1.63 bits per heavy atom. The third-order valence-electron chi connectivity index (χ3n) is 5.95. The van der Waals surface area contributed by atoms with E-state index >= 15 is 0 Å². The number of carbonyl (C=O) groups is 1. The summed E-state index contributed by atoms with van der Waals surface area (Å²) < 4.78 is 30.7. The highest BCUT2D eigenvalue weighted by Gasteiger charge is 2.43. The molecule has 1 atom stereocenters. The fourth-order valence-electron chi connectivity index (χ4n) is 4.19. The second-order valence-electron chi connectivity index (χ2n) is 10.1. The minimum atomic E-state index is -4.40. The highest BCUT2D eigenvalue weighted by atomic mass is 35.5. The average molecular weight is 577 g/mol. The van der Waals surface area contributed by atoms with Crippen molar-refractivity contribution in [3.05, 3.63) is 70.8 Å². The van der Waals surface area contributed by atoms with Crippen LogP contribution in [0.5, 0.6) is 0 Å². The van der Waals surface area contributed by atoms with Crippen LogP contribution in [-0.2, 0) is 14.8 Å². The van der Waals surface area contributed by atoms with E-state index in [1.165, 1.54) is 18.2 Å². The zero-order valence-electron chi connectivity index (χ0n) is 21.4. The number of fused-ring (bicyclic) bond motifs is 1. The van der Waals surface area contributed by atoms with Crippen LogP contribution in [-0.4, -0.2) is 54.4 Å². The maximum atomic E-state index is 14.0. The van der Waals surface area contributed by atoms with Gasteiger partial charge in [0.15, 0.2) is 11.6 Å². The number of halogens is 2. The smallest absolute Gasteiger partial charge is 0.328 e. The summed E-state index contributed by atoms with van der Waals surface area (Å²) in [5.41, 5.74) is -0.0412. The first-order valence-electron chi connectivity index (χ1n) is 11.6. The second-order valence-corrected chi connectivity index (χ2v) is 12.8. The van der Waals surface area contributed by atoms with Crippen LogP contribution in [0.25, 0.3) is 16.7 Å². The average Bonchev–Trinajstić information content (AvgIpc) is 3.24. The first-order valence-corrected chi connectivity index (χ1v) is 13.8. The van der Waals surface area contributed by atoms with Gasteiger partial charge in [0, 0.05) is 35.7 Å². The Balaban J connectivity index is 1.89. The minimum absolute atomic E-state index is 0.118. The van der Waals surface area contributed by atoms with Gasteiger partial charge in [-0.05, 0) is 60.0 Å². The van der Waals surface area contributed by atoms with Crippen LogP contribution >= 0.6 is 23.2 Å². The third-order valence-corrected chi connectivity index (χ3v) is 8.16. The van der Waals surface area contributed by atoms with Crippen LogP contribution in [0.1, 0.15) is 20.8 Å². The SMILES string of the molecule is CN(C)c1ccc(-n2ccc3cc(N(C(C(=O)O)C(C)(C)C)S(=O)(=O)c4cc(Cl)cc(Cl)c4)ccc32)nn1. The maximum absolute atomic E-state index is 14.0. The van der Waals surface area contributed by atoms with Crippen molar-refractivity contribution < 1.29 is 18.3 Å². The Morgan fingerprint density at radius 3 is 2.16 bits per heavy atom. The molecule has 1 N–H and O–H groups in total. The summed E-state index contributed by atoms with van der Waals surface area (Å²) >= 11 is 12.2. The Kier molecular flexibility index (Phi) is 7.35. The summed E-state index contributed by atoms with van der Waals surface area (Å²) in [5.74, 6) is -0.00557. The number of aliphatic carboxylic acids is 1. The normalized spacial score (nSPS) is 12.9. The predicted octanol–water partition coefficient (Wildman–Crippen LogP) is 5.49. The van der Waals surface area contributed by atoms with Gasteiger partial charge < -0.3 is 10.0 Å². The van der Waals surface area contributed by atoms with Crippen molar-refractivity contribution in [2.24, 2.45) is 5.41 Å². The summed E-state index contributed by atoms with van der Waals surface area (Å²) in [4.78, 5) is 14.2. The lowest BCUT2D eigenvalue weighted by Crippen LogP contribution is -2.52. The zero-order chi connectivity index (χ0) is 28.0. The van der Waals surface area contributed by atoms with E-state index in [-0.39, 0.29) is 20.6 Å². The van der Waals surface area contributed by atoms with Gasteiger partial charge in [-0.1, -0.05) is 44.0 Å². The molecule has 2 heterocycles. The summed E-state index contributed by atoms with van der Waals surface area (Å²) in [6.45, 7) is 5.01. The standard InChI is InChI=1S/C26H27Cl2N5O4S/c1-26(2,3)24(25(34)35)33(38(36,37)20-14-17(27)13-18(28)15-20)19-6-7-21-16(12-19)10-11-32(21)23-9-8-22(29-30-23)31(4)5/h6-15,24H,1-5H3,(H,34,35). The number of aromatic nitrogens is 3. The van der Waals surface area contributed by atoms with Gasteiger partial charge in [0.25, 0.3) is 10.0 Å². The number of hydrogen-bond acceptors (Lipinski definition) is 6. The number of carboxylic acids is 1. The topological polar surface area (TPSA) is 109 Å². The monoisotopic (exact) mass is 575 g/mol. The van der Waals surface area contributed by atoms with Crippen molar-refractivity contribution in [2.45, 2.75) is 31.7 Å². The molecule has 12 heteroatoms. The fourth-order valence-corrected chi connectivity index (χ4v) is 6.70. The fraction of sp³-hybridized carbons (Fsp3) is 0.269. The molecule has 0 bridgehead atoms. The van der Waals surface area contributed by atoms with Gasteiger partial charge in [0.2, 0.25) is 0 Å². The molecule has 4 aromatic rings. The van der Waals surface area contributed by atoms with Gasteiger partial charge in [0.05, 0.1) is 16.1 Å². The lowest BCUT2D eigenvalue weighted by Gasteiger charge is -2.37. The third kappa shape index (κ3) is 5.29. The molecule has 2 aromatic carbocycles. The van der Waals surface area contributed by atoms with Gasteiger partial charge in [0.1, 0.15) is 6.04 Å². The van der Waals surface area contributed by atoms with Crippen LogP contribution < -0.4 is 9.21 Å². The van der Waals surface area contributed by atoms with Crippen LogP contribution in [0.2, 0.25) is 10.0 Å². The number of anilines is 2. The molecule has 0 aliphatic carbocycles. The summed E-state index contributed by atoms with van der Waals surface area (Å²) in [5, 5.41) is 19.6. The molecular weight excluding hydrogens is 549 g/mol. The van der Waals surface area contributed by atoms with Crippen LogP contribution in [0.3, 0.4) is 0 Å². The molecule has 0 spiro atoms. The van der Waals surface area contributed by atoms with Crippen molar-refractivity contribution >= 4 is 61.6 Å². The Hall–Kier alpha value is -3.34. The van der Waals surface area contributed by atoms with Gasteiger partial charge in [-0.25, -0.2) is 13.2 Å². The molecule has 0 fully saturated rings. The molecule has 0 radical (unpaired) electrons. The highest BCUT2D eigenvalue weighted by Crippen LogP contribution is 2.37. The van der Waals surface area contributed by atoms with E-state index in [9.17, 15) is 18.3 Å². The lowest BCUT2D eigenvalue weighted by atomic mass is 9.86. The molecule has 9 nitrogen and oxygen atoms in total. The Labute approximate surface area is 231 Å². The van der Waals surface area contributed by atoms with Crippen molar-refractivity contribution in [3.8, 4) is 5.82 Å². The van der Waals surface area contributed by atoms with Gasteiger partial charge in [-0.2, -0.15) is 0 Å². The van der Waals surface area contributed by atoms with E-state index in [2.05, 4.69) is 10.2 Å². The second kappa shape index (κ2) is 10.1. The van der Waals surface area contributed by atoms with Gasteiger partial charge in [-0.3, -0.25) is 8.87 Å². The maximum Gasteiger partial charge on any atom is 0.328 e. The number of nitrogens with zero attached hydrogens (tertiary/aromatic N) is 5. The van der Waals surface area contributed by atoms with Crippen molar-refractivity contribution in [1.82, 2.24) is 14.8 Å². The van der Waals surface area contributed by atoms with E-state index in [0.717, 1.165) is 9.82 Å². The molecular formula is C26H27Cl2N5O4S. The lowest BCUT2D eigenvalue weighted by molar-refractivity contribution is -0.140. The Morgan fingerprint density at radius 1 is 0.974 bits per heavy atom. The summed E-state index contributed by atoms with van der Waals surface area (Å²) in [7, 11) is -0.663. The molecule has 0 saturated heterocycles. The van der Waals surface area contributed by atoms with Crippen molar-refractivity contribution in [1.29, 1.82) is 0 Å². The molecule has 0 aliphatic heterocycles. The molecule has 2 aromatic heterocycles. The summed E-state index contributed by atoms with van der Waals surface area (Å²) in [6.07, 6.45) is 1.79. The van der Waals surface area contributed by atoms with E-state index < -0.39 is 27.4 Å². The molecule has 1 unspecified atom stereocenters. The Bertz CT molecular complexity index is 1590. The molecule has 0 amide bonds. The first-order chi connectivity index (χ1) is 17.7. The minimum Gasteiger partial charge on any atom is -0.480 e. The zero-order valence-corrected chi connectivity index (χ0v) is 23.8. The van der Waals surface area contributed by atoms with Gasteiger partial charge in [-0.15, -0.1) is 10.2 Å². The molecule has 200 valence electrons. The molecule has 0 saturated carbocycles. The first kappa shape index (κ1) is 27.7. The highest BCUT2D eigenvalue weighted by molar-refractivity contribution is 7.93. The van der Waals surface area contributed by atoms with Crippen LogP contribution in [0.15, 0.2) is 65.7 Å². The van der Waals surface area contributed by atoms with Crippen molar-refractivity contribution in [3.63, 3.8) is 0 Å². The largest absolute Gasteiger partial charge is 0.480 e. The number of sulfonamides is 1. The molecule has 4 rings (SSSR count). The number of carboxylic acid groups (broad SMARTS) is 1. The molecule has 38 heavy (non-hydrogen) atoms. The number of benzene rings is 2. The van der Waals surface area contributed by atoms with Crippen LogP contribution in [0, 0.1) is 5.41 Å². The molecule has 0 aliphatic rings. The van der Waals surface area contributed by atoms with E-state index in [1.807, 2.05) is 35.7 Å². The quantitative estimate of drug-likeness (QED) is 0.310. The van der Waals surface area contributed by atoms with E-state index in [4.69, 9.17) is 23.2 Å². The van der Waals surface area contributed by atoms with Gasteiger partial charge >= 0.3 is 5.97 Å². The predicted molar refractivity (Wildman–Crippen MR) is 150 cm³/mol.